The Bertz CT molecular complexity index is 1310. The quantitative estimate of drug-likeness (QED) is 0.310. The molecule has 3 aromatic rings. The number of nitrogens with one attached hydrogen (secondary N) is 1. The molecule has 0 fully saturated rings. The summed E-state index contributed by atoms with van der Waals surface area (Å²) in [5, 5.41) is 4.14. The van der Waals surface area contributed by atoms with Gasteiger partial charge in [0.25, 0.3) is 15.9 Å². The van der Waals surface area contributed by atoms with E-state index in [-0.39, 0.29) is 4.90 Å². The molecule has 190 valence electrons. The Morgan fingerprint density at radius 3 is 2.22 bits per heavy atom. The van der Waals surface area contributed by atoms with Crippen molar-refractivity contribution in [3.8, 4) is 17.2 Å². The molecule has 0 spiro atoms. The highest BCUT2D eigenvalue weighted by Gasteiger charge is 2.27. The van der Waals surface area contributed by atoms with Gasteiger partial charge in [-0.2, -0.15) is 5.10 Å². The van der Waals surface area contributed by atoms with E-state index >= 15 is 0 Å². The van der Waals surface area contributed by atoms with Crippen molar-refractivity contribution in [2.24, 2.45) is 5.10 Å². The first-order valence-corrected chi connectivity index (χ1v) is 12.6. The highest BCUT2D eigenvalue weighted by atomic mass is 32.2. The van der Waals surface area contributed by atoms with Gasteiger partial charge in [-0.15, -0.1) is 0 Å². The average Bonchev–Trinajstić information content (AvgIpc) is 2.90. The minimum absolute atomic E-state index is 0.0348. The number of nitrogens with zero attached hydrogens (tertiary/aromatic N) is 2. The first-order valence-electron chi connectivity index (χ1n) is 11.2. The summed E-state index contributed by atoms with van der Waals surface area (Å²) >= 11 is 0. The van der Waals surface area contributed by atoms with E-state index in [1.165, 1.54) is 19.2 Å². The Balaban J connectivity index is 1.83. The van der Waals surface area contributed by atoms with Crippen LogP contribution in [0.5, 0.6) is 17.2 Å². The third-order valence-corrected chi connectivity index (χ3v) is 6.99. The van der Waals surface area contributed by atoms with Gasteiger partial charge in [0.05, 0.1) is 37.1 Å². The molecule has 0 saturated heterocycles. The average molecular weight is 512 g/mol. The lowest BCUT2D eigenvalue weighted by molar-refractivity contribution is -0.119. The molecule has 36 heavy (non-hydrogen) atoms. The van der Waals surface area contributed by atoms with E-state index < -0.39 is 22.5 Å². The zero-order valence-corrected chi connectivity index (χ0v) is 21.4. The standard InChI is InChI=1S/C26H29N3O6S/c1-5-35-22-12-14-23(15-13-22)36(31,32)29(21-9-7-6-8-10-21)18-26(30)28-27-19(2)20-11-16-24(33-3)25(17-20)34-4/h6-17H,5,18H2,1-4H3,(H,28,30)/b27-19-. The summed E-state index contributed by atoms with van der Waals surface area (Å²) in [6, 6.07) is 19.7. The highest BCUT2D eigenvalue weighted by Crippen LogP contribution is 2.28. The van der Waals surface area contributed by atoms with Crippen LogP contribution in [0, 0.1) is 0 Å². The molecule has 0 unspecified atom stereocenters. The molecule has 0 bridgehead atoms. The van der Waals surface area contributed by atoms with Crippen LogP contribution in [0.4, 0.5) is 5.69 Å². The monoisotopic (exact) mass is 511 g/mol. The number of carbonyl (C=O) groups excluding carboxylic acids is 1. The molecule has 1 amide bonds. The summed E-state index contributed by atoms with van der Waals surface area (Å²) in [5.74, 6) is 1.04. The van der Waals surface area contributed by atoms with Crippen LogP contribution in [0.15, 0.2) is 82.8 Å². The molecule has 0 atom stereocenters. The molecule has 3 rings (SSSR count). The van der Waals surface area contributed by atoms with Crippen LogP contribution in [0.3, 0.4) is 0 Å². The van der Waals surface area contributed by atoms with Crippen LogP contribution in [0.2, 0.25) is 0 Å². The zero-order valence-electron chi connectivity index (χ0n) is 20.6. The summed E-state index contributed by atoms with van der Waals surface area (Å²) in [6.45, 7) is 3.55. The first kappa shape index (κ1) is 26.6. The third kappa shape index (κ3) is 6.33. The Morgan fingerprint density at radius 2 is 1.61 bits per heavy atom. The van der Waals surface area contributed by atoms with Crippen molar-refractivity contribution >= 4 is 27.3 Å². The maximum Gasteiger partial charge on any atom is 0.264 e. The fraction of sp³-hybridized carbons (Fsp3) is 0.231. The number of hydrogen-bond donors (Lipinski definition) is 1. The molecule has 3 aromatic carbocycles. The van der Waals surface area contributed by atoms with Gasteiger partial charge in [-0.1, -0.05) is 18.2 Å². The second kappa shape index (κ2) is 12.1. The second-order valence-corrected chi connectivity index (χ2v) is 9.42. The van der Waals surface area contributed by atoms with E-state index in [0.717, 1.165) is 4.31 Å². The van der Waals surface area contributed by atoms with Crippen molar-refractivity contribution in [3.05, 3.63) is 78.4 Å². The van der Waals surface area contributed by atoms with Gasteiger partial charge in [-0.25, -0.2) is 13.8 Å². The highest BCUT2D eigenvalue weighted by molar-refractivity contribution is 7.92. The van der Waals surface area contributed by atoms with Gasteiger partial charge >= 0.3 is 0 Å². The maximum atomic E-state index is 13.5. The number of hydrazone groups is 1. The van der Waals surface area contributed by atoms with Gasteiger partial charge in [0.15, 0.2) is 11.5 Å². The van der Waals surface area contributed by atoms with Crippen LogP contribution in [-0.2, 0) is 14.8 Å². The van der Waals surface area contributed by atoms with E-state index in [0.29, 0.717) is 40.8 Å². The second-order valence-electron chi connectivity index (χ2n) is 7.55. The van der Waals surface area contributed by atoms with Crippen molar-refractivity contribution in [1.29, 1.82) is 0 Å². The van der Waals surface area contributed by atoms with Gasteiger partial charge < -0.3 is 14.2 Å². The van der Waals surface area contributed by atoms with Gasteiger partial charge in [0, 0.05) is 5.56 Å². The van der Waals surface area contributed by atoms with E-state index in [1.54, 1.807) is 74.7 Å². The molecular formula is C26H29N3O6S. The van der Waals surface area contributed by atoms with Crippen molar-refractivity contribution in [2.45, 2.75) is 18.7 Å². The van der Waals surface area contributed by atoms with E-state index in [9.17, 15) is 13.2 Å². The van der Waals surface area contributed by atoms with Crippen molar-refractivity contribution in [3.63, 3.8) is 0 Å². The predicted molar refractivity (Wildman–Crippen MR) is 138 cm³/mol. The molecule has 0 aliphatic rings. The normalized spacial score (nSPS) is 11.5. The maximum absolute atomic E-state index is 13.5. The lowest BCUT2D eigenvalue weighted by atomic mass is 10.1. The number of amides is 1. The van der Waals surface area contributed by atoms with E-state index in [4.69, 9.17) is 14.2 Å². The van der Waals surface area contributed by atoms with E-state index in [2.05, 4.69) is 10.5 Å². The minimum Gasteiger partial charge on any atom is -0.494 e. The molecule has 0 aliphatic carbocycles. The third-order valence-electron chi connectivity index (χ3n) is 5.20. The van der Waals surface area contributed by atoms with Gasteiger partial charge in [0.1, 0.15) is 12.3 Å². The molecule has 0 aliphatic heterocycles. The number of sulfonamides is 1. The Kier molecular flexibility index (Phi) is 8.91. The molecule has 0 aromatic heterocycles. The summed E-state index contributed by atoms with van der Waals surface area (Å²) in [6.07, 6.45) is 0. The lowest BCUT2D eigenvalue weighted by Crippen LogP contribution is -2.39. The molecule has 10 heteroatoms. The number of carbonyl (C=O) groups is 1. The number of rotatable bonds is 11. The fourth-order valence-electron chi connectivity index (χ4n) is 3.35. The molecule has 1 N–H and O–H groups in total. The smallest absolute Gasteiger partial charge is 0.264 e. The topological polar surface area (TPSA) is 107 Å². The van der Waals surface area contributed by atoms with Crippen LogP contribution in [-0.4, -0.2) is 47.4 Å². The number of para-hydroxylation sites is 1. The summed E-state index contributed by atoms with van der Waals surface area (Å²) in [4.78, 5) is 12.8. The summed E-state index contributed by atoms with van der Waals surface area (Å²) in [7, 11) is -0.983. The molecule has 0 saturated carbocycles. The number of benzene rings is 3. The molecule has 9 nitrogen and oxygen atoms in total. The number of hydrogen-bond acceptors (Lipinski definition) is 7. The minimum atomic E-state index is -4.05. The van der Waals surface area contributed by atoms with Crippen LogP contribution < -0.4 is 23.9 Å². The van der Waals surface area contributed by atoms with Crippen molar-refractivity contribution in [1.82, 2.24) is 5.43 Å². The predicted octanol–water partition coefficient (Wildman–Crippen LogP) is 3.84. The van der Waals surface area contributed by atoms with Gasteiger partial charge in [-0.05, 0) is 68.4 Å². The van der Waals surface area contributed by atoms with Crippen LogP contribution >= 0.6 is 0 Å². The number of anilines is 1. The van der Waals surface area contributed by atoms with Gasteiger partial charge in [-0.3, -0.25) is 9.10 Å². The van der Waals surface area contributed by atoms with Crippen molar-refractivity contribution in [2.75, 3.05) is 31.7 Å². The Hall–Kier alpha value is -4.05. The summed E-state index contributed by atoms with van der Waals surface area (Å²) < 4.78 is 43.9. The lowest BCUT2D eigenvalue weighted by Gasteiger charge is -2.23. The summed E-state index contributed by atoms with van der Waals surface area (Å²) in [5.41, 5.74) is 4.00. The largest absolute Gasteiger partial charge is 0.494 e. The fourth-order valence-corrected chi connectivity index (χ4v) is 4.77. The number of ether oxygens (including phenoxy) is 3. The Labute approximate surface area is 211 Å². The van der Waals surface area contributed by atoms with Crippen LogP contribution in [0.1, 0.15) is 19.4 Å². The van der Waals surface area contributed by atoms with Gasteiger partial charge in [0.2, 0.25) is 0 Å². The molecule has 0 heterocycles. The number of methoxy groups -OCH3 is 2. The van der Waals surface area contributed by atoms with Crippen molar-refractivity contribution < 1.29 is 27.4 Å². The first-order chi connectivity index (χ1) is 17.3. The zero-order chi connectivity index (χ0) is 26.1. The SMILES string of the molecule is CCOc1ccc(S(=O)(=O)N(CC(=O)N/N=C(/C)c2ccc(OC)c(OC)c2)c2ccccc2)cc1. The molecule has 0 radical (unpaired) electrons. The van der Waals surface area contributed by atoms with Crippen LogP contribution in [0.25, 0.3) is 0 Å². The molecular weight excluding hydrogens is 482 g/mol. The Morgan fingerprint density at radius 1 is 0.944 bits per heavy atom. The van der Waals surface area contributed by atoms with E-state index in [1.807, 2.05) is 6.92 Å².